The predicted molar refractivity (Wildman–Crippen MR) is 145 cm³/mol. The lowest BCUT2D eigenvalue weighted by Crippen LogP contribution is -2.61. The molecule has 0 bridgehead atoms. The largest absolute Gasteiger partial charge is 0.344 e. The number of hydrogen-bond donors (Lipinski definition) is 3. The highest BCUT2D eigenvalue weighted by Gasteiger charge is 2.67. The maximum Gasteiger partial charge on any atom is 0.315 e. The summed E-state index contributed by atoms with van der Waals surface area (Å²) in [6.07, 6.45) is 4.89. The van der Waals surface area contributed by atoms with E-state index in [1.54, 1.807) is 4.90 Å². The van der Waals surface area contributed by atoms with Gasteiger partial charge in [0.15, 0.2) is 5.78 Å². The van der Waals surface area contributed by atoms with Gasteiger partial charge in [0.1, 0.15) is 12.1 Å². The Morgan fingerprint density at radius 2 is 1.55 bits per heavy atom. The number of amides is 4. The molecule has 2 aliphatic carbocycles. The number of nitrogens with one attached hydrogen (secondary N) is 3. The van der Waals surface area contributed by atoms with Crippen molar-refractivity contribution in [3.63, 3.8) is 0 Å². The zero-order valence-electron chi connectivity index (χ0n) is 24.7. The molecule has 3 aliphatic rings. The van der Waals surface area contributed by atoms with Crippen LogP contribution in [0.2, 0.25) is 0 Å². The topological polar surface area (TPSA) is 125 Å². The summed E-state index contributed by atoms with van der Waals surface area (Å²) in [6, 6.07) is -2.95. The van der Waals surface area contributed by atoms with E-state index < -0.39 is 52.6 Å². The minimum Gasteiger partial charge on any atom is -0.344 e. The van der Waals surface area contributed by atoms with E-state index in [1.807, 2.05) is 41.5 Å². The molecule has 3 fully saturated rings. The maximum atomic E-state index is 14.1. The van der Waals surface area contributed by atoms with Crippen LogP contribution < -0.4 is 16.0 Å². The molecule has 2 saturated carbocycles. The van der Waals surface area contributed by atoms with Crippen molar-refractivity contribution in [2.75, 3.05) is 6.54 Å². The Kier molecular flexibility index (Phi) is 8.13. The van der Waals surface area contributed by atoms with Crippen molar-refractivity contribution in [2.24, 2.45) is 22.2 Å². The second-order valence-corrected chi connectivity index (χ2v) is 14.7. The molecule has 0 radical (unpaired) electrons. The molecule has 3 rings (SSSR count). The lowest BCUT2D eigenvalue weighted by molar-refractivity contribution is -0.143. The second-order valence-electron chi connectivity index (χ2n) is 14.7. The Labute approximate surface area is 227 Å². The molecule has 9 heteroatoms. The number of carbonyl (C=O) groups is 5. The van der Waals surface area contributed by atoms with Crippen molar-refractivity contribution < 1.29 is 24.0 Å². The Hall–Kier alpha value is -2.45. The van der Waals surface area contributed by atoms with Crippen LogP contribution in [0.5, 0.6) is 0 Å². The van der Waals surface area contributed by atoms with Gasteiger partial charge in [-0.2, -0.15) is 0 Å². The summed E-state index contributed by atoms with van der Waals surface area (Å²) in [6.45, 7) is 17.2. The highest BCUT2D eigenvalue weighted by atomic mass is 16.2. The van der Waals surface area contributed by atoms with Gasteiger partial charge in [-0.05, 0) is 62.2 Å². The lowest BCUT2D eigenvalue weighted by Gasteiger charge is -2.36. The molecule has 0 aromatic heterocycles. The summed E-state index contributed by atoms with van der Waals surface area (Å²) in [5.74, 6) is -1.56. The molecule has 4 amide bonds. The van der Waals surface area contributed by atoms with Crippen molar-refractivity contribution in [1.82, 2.24) is 20.9 Å². The normalized spacial score (nSPS) is 26.2. The van der Waals surface area contributed by atoms with Crippen molar-refractivity contribution in [3.8, 4) is 0 Å². The molecule has 1 aliphatic heterocycles. The molecule has 0 aromatic carbocycles. The summed E-state index contributed by atoms with van der Waals surface area (Å²) in [7, 11) is 0. The van der Waals surface area contributed by atoms with Gasteiger partial charge >= 0.3 is 6.03 Å². The SMILES string of the molecule is CC(=O)C(=O)C(CC1CCC1)NC(=O)[C@@H]1CC2(CN1C(=O)[C@@H](NC(=O)NC(C)(C)C)C(C)(C)C)CC2(C)C. The number of rotatable bonds is 8. The van der Waals surface area contributed by atoms with Crippen LogP contribution in [0.25, 0.3) is 0 Å². The molecule has 1 saturated heterocycles. The minimum atomic E-state index is -0.875. The van der Waals surface area contributed by atoms with Crippen LogP contribution in [0.4, 0.5) is 4.79 Å². The third-order valence-corrected chi connectivity index (χ3v) is 8.76. The summed E-state index contributed by atoms with van der Waals surface area (Å²) in [5.41, 5.74) is -1.30. The third-order valence-electron chi connectivity index (χ3n) is 8.76. The highest BCUT2D eigenvalue weighted by molar-refractivity contribution is 6.38. The molecular weight excluding hydrogens is 484 g/mol. The van der Waals surface area contributed by atoms with Gasteiger partial charge in [0.2, 0.25) is 17.6 Å². The summed E-state index contributed by atoms with van der Waals surface area (Å²) in [5, 5.41) is 8.58. The second kappa shape index (κ2) is 10.3. The first-order valence-corrected chi connectivity index (χ1v) is 14.0. The Bertz CT molecular complexity index is 988. The fourth-order valence-electron chi connectivity index (χ4n) is 6.00. The minimum absolute atomic E-state index is 0.0185. The zero-order chi connectivity index (χ0) is 28.8. The molecule has 4 atom stereocenters. The molecule has 2 unspecified atom stereocenters. The molecule has 1 heterocycles. The number of carbonyl (C=O) groups excluding carboxylic acids is 5. The van der Waals surface area contributed by atoms with Crippen molar-refractivity contribution >= 4 is 29.4 Å². The maximum absolute atomic E-state index is 14.1. The van der Waals surface area contributed by atoms with Gasteiger partial charge in [-0.3, -0.25) is 19.2 Å². The van der Waals surface area contributed by atoms with E-state index in [4.69, 9.17) is 0 Å². The number of likely N-dealkylation sites (tertiary alicyclic amines) is 1. The Morgan fingerprint density at radius 1 is 0.974 bits per heavy atom. The fourth-order valence-corrected chi connectivity index (χ4v) is 6.00. The zero-order valence-corrected chi connectivity index (χ0v) is 24.7. The van der Waals surface area contributed by atoms with Gasteiger partial charge in [-0.1, -0.05) is 53.9 Å². The summed E-state index contributed by atoms with van der Waals surface area (Å²) >= 11 is 0. The van der Waals surface area contributed by atoms with Gasteiger partial charge in [0, 0.05) is 19.0 Å². The van der Waals surface area contributed by atoms with E-state index in [0.717, 1.165) is 25.7 Å². The smallest absolute Gasteiger partial charge is 0.315 e. The molecule has 0 aromatic rings. The van der Waals surface area contributed by atoms with Crippen LogP contribution in [0.3, 0.4) is 0 Å². The summed E-state index contributed by atoms with van der Waals surface area (Å²) < 4.78 is 0. The molecule has 9 nitrogen and oxygen atoms in total. The molecule has 1 spiro atoms. The van der Waals surface area contributed by atoms with Crippen LogP contribution in [0, 0.1) is 22.2 Å². The van der Waals surface area contributed by atoms with E-state index in [9.17, 15) is 24.0 Å². The number of nitrogens with zero attached hydrogens (tertiary/aromatic N) is 1. The van der Waals surface area contributed by atoms with E-state index >= 15 is 0 Å². The standard InChI is InChI=1S/C29H48N4O5/c1-17(34)21(35)19(13-18-11-10-12-18)30-23(36)20-14-29(15-28(29,8)9)16-33(20)24(37)22(26(2,3)4)31-25(38)32-27(5,6)7/h18-20,22H,10-16H2,1-9H3,(H,30,36)(H2,31,32,38)/t19?,20-,22+,29?/m0/s1. The first-order chi connectivity index (χ1) is 17.3. The quantitative estimate of drug-likeness (QED) is 0.414. The molecule has 3 N–H and O–H groups in total. The van der Waals surface area contributed by atoms with Crippen molar-refractivity contribution in [3.05, 3.63) is 0 Å². The third kappa shape index (κ3) is 6.57. The number of ketones is 2. The van der Waals surface area contributed by atoms with Gasteiger partial charge in [-0.25, -0.2) is 4.79 Å². The monoisotopic (exact) mass is 532 g/mol. The first-order valence-electron chi connectivity index (χ1n) is 14.0. The van der Waals surface area contributed by atoms with Gasteiger partial charge < -0.3 is 20.9 Å². The highest BCUT2D eigenvalue weighted by Crippen LogP contribution is 2.69. The lowest BCUT2D eigenvalue weighted by atomic mass is 9.80. The van der Waals surface area contributed by atoms with Crippen molar-refractivity contribution in [2.45, 2.75) is 125 Å². The van der Waals surface area contributed by atoms with Crippen LogP contribution in [0.15, 0.2) is 0 Å². The van der Waals surface area contributed by atoms with E-state index in [0.29, 0.717) is 25.3 Å². The van der Waals surface area contributed by atoms with Gasteiger partial charge in [0.25, 0.3) is 0 Å². The van der Waals surface area contributed by atoms with Crippen LogP contribution in [-0.4, -0.2) is 64.5 Å². The average Bonchev–Trinajstić information content (AvgIpc) is 3.05. The number of urea groups is 1. The van der Waals surface area contributed by atoms with Crippen LogP contribution in [0.1, 0.15) is 101 Å². The predicted octanol–water partition coefficient (Wildman–Crippen LogP) is 3.35. The molecular formula is C29H48N4O5. The van der Waals surface area contributed by atoms with Crippen LogP contribution in [-0.2, 0) is 19.2 Å². The number of Topliss-reactive ketones (excluding diaryl/α,β-unsaturated/α-hetero) is 2. The van der Waals surface area contributed by atoms with E-state index in [2.05, 4.69) is 29.8 Å². The van der Waals surface area contributed by atoms with Crippen molar-refractivity contribution in [1.29, 1.82) is 0 Å². The van der Waals surface area contributed by atoms with Gasteiger partial charge in [0.05, 0.1) is 6.04 Å². The molecule has 38 heavy (non-hydrogen) atoms. The molecule has 214 valence electrons. The van der Waals surface area contributed by atoms with Gasteiger partial charge in [-0.15, -0.1) is 0 Å². The summed E-state index contributed by atoms with van der Waals surface area (Å²) in [4.78, 5) is 66.8. The fraction of sp³-hybridized carbons (Fsp3) is 0.828. The Morgan fingerprint density at radius 3 is 1.97 bits per heavy atom. The number of hydrogen-bond acceptors (Lipinski definition) is 5. The van der Waals surface area contributed by atoms with E-state index in [-0.39, 0.29) is 16.7 Å². The first kappa shape index (κ1) is 30.1. The average molecular weight is 533 g/mol. The Balaban J connectivity index is 1.86. The van der Waals surface area contributed by atoms with Crippen LogP contribution >= 0.6 is 0 Å². The van der Waals surface area contributed by atoms with E-state index in [1.165, 1.54) is 6.92 Å².